The van der Waals surface area contributed by atoms with E-state index in [1.54, 1.807) is 0 Å². The summed E-state index contributed by atoms with van der Waals surface area (Å²) in [7, 11) is 0. The van der Waals surface area contributed by atoms with Gasteiger partial charge in [0.1, 0.15) is 0 Å². The van der Waals surface area contributed by atoms with E-state index in [9.17, 15) is 4.79 Å². The van der Waals surface area contributed by atoms with Crippen molar-refractivity contribution in [1.82, 2.24) is 0 Å². The van der Waals surface area contributed by atoms with Gasteiger partial charge in [-0.15, -0.1) is 0 Å². The summed E-state index contributed by atoms with van der Waals surface area (Å²) in [5, 5.41) is 0. The summed E-state index contributed by atoms with van der Waals surface area (Å²) in [5.74, 6) is 0.226. The molecule has 1 aliphatic rings. The third kappa shape index (κ3) is 4.44. The van der Waals surface area contributed by atoms with Gasteiger partial charge in [-0.2, -0.15) is 0 Å². The lowest BCUT2D eigenvalue weighted by Gasteiger charge is -2.18. The van der Waals surface area contributed by atoms with Crippen LogP contribution in [0, 0.1) is 0 Å². The highest BCUT2D eigenvalue weighted by molar-refractivity contribution is 6.02. The van der Waals surface area contributed by atoms with Gasteiger partial charge in [-0.25, -0.2) is 0 Å². The summed E-state index contributed by atoms with van der Waals surface area (Å²) < 4.78 is 0. The largest absolute Gasteiger partial charge is 0.294 e. The highest BCUT2D eigenvalue weighted by Gasteiger charge is 2.16. The van der Waals surface area contributed by atoms with Gasteiger partial charge in [0.25, 0.3) is 0 Å². The van der Waals surface area contributed by atoms with E-state index in [2.05, 4.69) is 24.3 Å². The van der Waals surface area contributed by atoms with Crippen LogP contribution in [0.5, 0.6) is 0 Å². The molecule has 24 heavy (non-hydrogen) atoms. The maximum Gasteiger partial charge on any atom is 0.167 e. The molecule has 1 nitrogen and oxygen atoms in total. The van der Waals surface area contributed by atoms with Gasteiger partial charge in [-0.1, -0.05) is 85.5 Å². The van der Waals surface area contributed by atoms with Crippen LogP contribution in [0.1, 0.15) is 67.3 Å². The molecule has 1 heteroatoms. The maximum absolute atomic E-state index is 12.8. The van der Waals surface area contributed by atoms with Gasteiger partial charge in [0.05, 0.1) is 0 Å². The molecule has 0 bridgehead atoms. The van der Waals surface area contributed by atoms with Crippen LogP contribution in [0.25, 0.3) is 5.57 Å². The second kappa shape index (κ2) is 8.63. The van der Waals surface area contributed by atoms with E-state index in [0.717, 1.165) is 18.4 Å². The summed E-state index contributed by atoms with van der Waals surface area (Å²) in [6, 6.07) is 20.2. The Morgan fingerprint density at radius 3 is 1.75 bits per heavy atom. The summed E-state index contributed by atoms with van der Waals surface area (Å²) in [5.41, 5.74) is 4.81. The zero-order valence-electron chi connectivity index (χ0n) is 14.3. The predicted molar refractivity (Wildman–Crippen MR) is 101 cm³/mol. The molecule has 124 valence electrons. The van der Waals surface area contributed by atoms with Crippen LogP contribution in [0.15, 0.2) is 66.2 Å². The lowest BCUT2D eigenvalue weighted by Crippen LogP contribution is -2.04. The zero-order valence-corrected chi connectivity index (χ0v) is 14.3. The Kier molecular flexibility index (Phi) is 6.01. The first-order valence-electron chi connectivity index (χ1n) is 9.19. The van der Waals surface area contributed by atoms with Crippen LogP contribution in [0.4, 0.5) is 0 Å². The fourth-order valence-corrected chi connectivity index (χ4v) is 3.59. The first-order chi connectivity index (χ1) is 11.8. The smallest absolute Gasteiger partial charge is 0.167 e. The average Bonchev–Trinajstić information content (AvgIpc) is 2.61. The van der Waals surface area contributed by atoms with Crippen molar-refractivity contribution in [2.24, 2.45) is 0 Å². The van der Waals surface area contributed by atoms with Crippen molar-refractivity contribution in [2.45, 2.75) is 51.4 Å². The van der Waals surface area contributed by atoms with Crippen molar-refractivity contribution < 1.29 is 4.79 Å². The van der Waals surface area contributed by atoms with Crippen molar-refractivity contribution in [1.29, 1.82) is 0 Å². The summed E-state index contributed by atoms with van der Waals surface area (Å²) >= 11 is 0. The topological polar surface area (TPSA) is 17.1 Å². The molecule has 1 aliphatic carbocycles. The van der Waals surface area contributed by atoms with E-state index in [0.29, 0.717) is 6.42 Å². The molecule has 2 aromatic carbocycles. The Hall–Kier alpha value is -2.15. The van der Waals surface area contributed by atoms with Crippen LogP contribution in [-0.2, 0) is 0 Å². The molecule has 3 rings (SSSR count). The molecule has 0 unspecified atom stereocenters. The molecule has 2 aromatic rings. The molecular formula is C23H26O. The summed E-state index contributed by atoms with van der Waals surface area (Å²) in [6.07, 6.45) is 9.31. The lowest BCUT2D eigenvalue weighted by atomic mass is 9.86. The van der Waals surface area contributed by atoms with Crippen molar-refractivity contribution >= 4 is 11.4 Å². The molecule has 0 saturated heterocycles. The maximum atomic E-state index is 12.8. The minimum Gasteiger partial charge on any atom is -0.294 e. The number of carbonyl (C=O) groups is 1. The van der Waals surface area contributed by atoms with E-state index in [1.165, 1.54) is 48.8 Å². The number of carbonyl (C=O) groups excluding carboxylic acids is 1. The number of Topliss-reactive ketones (excluding diaryl/α,β-unsaturated/α-hetero) is 1. The molecule has 0 spiro atoms. The molecular weight excluding hydrogens is 292 g/mol. The van der Waals surface area contributed by atoms with Crippen molar-refractivity contribution in [3.8, 4) is 0 Å². The van der Waals surface area contributed by atoms with E-state index in [-0.39, 0.29) is 5.78 Å². The number of rotatable bonds is 4. The highest BCUT2D eigenvalue weighted by atomic mass is 16.1. The van der Waals surface area contributed by atoms with Crippen molar-refractivity contribution in [2.75, 3.05) is 0 Å². The molecule has 0 aromatic heterocycles. The van der Waals surface area contributed by atoms with Gasteiger partial charge in [0, 0.05) is 12.0 Å². The standard InChI is InChI=1S/C23H26O/c24-23(21-16-10-5-11-17-21)18-22(20-14-8-4-9-15-20)19-12-6-2-1-3-7-13-19/h4-5,8-11,14-17H,1-3,6-7,12-13,18H2. The van der Waals surface area contributed by atoms with Gasteiger partial charge in [-0.3, -0.25) is 4.79 Å². The van der Waals surface area contributed by atoms with Gasteiger partial charge < -0.3 is 0 Å². The minimum atomic E-state index is 0.226. The molecule has 0 aliphatic heterocycles. The third-order valence-electron chi connectivity index (χ3n) is 4.94. The highest BCUT2D eigenvalue weighted by Crippen LogP contribution is 2.32. The SMILES string of the molecule is O=C(CC(=C1CCCCCCC1)c1ccccc1)c1ccccc1. The van der Waals surface area contributed by atoms with Crippen LogP contribution in [0.2, 0.25) is 0 Å². The van der Waals surface area contributed by atoms with Crippen LogP contribution < -0.4 is 0 Å². The molecule has 0 amide bonds. The third-order valence-corrected chi connectivity index (χ3v) is 4.94. The second-order valence-electron chi connectivity index (χ2n) is 6.68. The second-order valence-corrected chi connectivity index (χ2v) is 6.68. The summed E-state index contributed by atoms with van der Waals surface area (Å²) in [4.78, 5) is 12.8. The number of hydrogen-bond donors (Lipinski definition) is 0. The van der Waals surface area contributed by atoms with Crippen molar-refractivity contribution in [3.63, 3.8) is 0 Å². The zero-order chi connectivity index (χ0) is 16.6. The van der Waals surface area contributed by atoms with Gasteiger partial charge in [0.2, 0.25) is 0 Å². The quantitative estimate of drug-likeness (QED) is 0.591. The minimum absolute atomic E-state index is 0.226. The number of ketones is 1. The van der Waals surface area contributed by atoms with Crippen molar-refractivity contribution in [3.05, 3.63) is 77.4 Å². The van der Waals surface area contributed by atoms with Gasteiger partial charge in [-0.05, 0) is 36.8 Å². The molecule has 0 heterocycles. The van der Waals surface area contributed by atoms with Crippen LogP contribution >= 0.6 is 0 Å². The Bertz CT molecular complexity index is 672. The molecule has 0 radical (unpaired) electrons. The molecule has 0 atom stereocenters. The number of benzene rings is 2. The monoisotopic (exact) mass is 318 g/mol. The Morgan fingerprint density at radius 1 is 0.667 bits per heavy atom. The van der Waals surface area contributed by atoms with E-state index >= 15 is 0 Å². The van der Waals surface area contributed by atoms with Gasteiger partial charge >= 0.3 is 0 Å². The lowest BCUT2D eigenvalue weighted by molar-refractivity contribution is 0.0998. The Labute approximate surface area is 145 Å². The first-order valence-corrected chi connectivity index (χ1v) is 9.19. The van der Waals surface area contributed by atoms with Gasteiger partial charge in [0.15, 0.2) is 5.78 Å². The van der Waals surface area contributed by atoms with E-state index in [4.69, 9.17) is 0 Å². The number of allylic oxidation sites excluding steroid dienone is 2. The van der Waals surface area contributed by atoms with Crippen LogP contribution in [-0.4, -0.2) is 5.78 Å². The summed E-state index contributed by atoms with van der Waals surface area (Å²) in [6.45, 7) is 0. The van der Waals surface area contributed by atoms with E-state index < -0.39 is 0 Å². The normalized spacial score (nSPS) is 15.4. The molecule has 1 saturated carbocycles. The Balaban J connectivity index is 1.91. The first kappa shape index (κ1) is 16.7. The molecule has 1 fully saturated rings. The van der Waals surface area contributed by atoms with E-state index in [1.807, 2.05) is 36.4 Å². The predicted octanol–water partition coefficient (Wildman–Crippen LogP) is 6.46. The fraction of sp³-hybridized carbons (Fsp3) is 0.348. The molecule has 0 N–H and O–H groups in total. The number of hydrogen-bond acceptors (Lipinski definition) is 1. The van der Waals surface area contributed by atoms with Crippen LogP contribution in [0.3, 0.4) is 0 Å². The average molecular weight is 318 g/mol. The fourth-order valence-electron chi connectivity index (χ4n) is 3.59. The Morgan fingerprint density at radius 2 is 1.17 bits per heavy atom.